The van der Waals surface area contributed by atoms with Crippen LogP contribution in [0.2, 0.25) is 0 Å². The number of hydrogen-bond acceptors (Lipinski definition) is 3. The van der Waals surface area contributed by atoms with E-state index in [0.29, 0.717) is 0 Å². The second-order valence-electron chi connectivity index (χ2n) is 5.51. The van der Waals surface area contributed by atoms with Crippen molar-refractivity contribution in [1.82, 2.24) is 15.1 Å². The fraction of sp³-hybridized carbons (Fsp3) is 1.00. The first-order chi connectivity index (χ1) is 8.63. The maximum absolute atomic E-state index is 3.22. The van der Waals surface area contributed by atoms with Crippen LogP contribution < -0.4 is 5.32 Å². The van der Waals surface area contributed by atoms with E-state index in [1.54, 1.807) is 0 Å². The van der Waals surface area contributed by atoms with Gasteiger partial charge in [0.15, 0.2) is 0 Å². The predicted octanol–water partition coefficient (Wildman–Crippen LogP) is 2.28. The van der Waals surface area contributed by atoms with Crippen LogP contribution in [0.3, 0.4) is 0 Å². The normalized spacial score (nSPS) is 18.0. The number of likely N-dealkylation sites (tertiary alicyclic amines) is 1. The van der Waals surface area contributed by atoms with Crippen LogP contribution in [0.15, 0.2) is 0 Å². The summed E-state index contributed by atoms with van der Waals surface area (Å²) in [6, 6.07) is 0.813. The summed E-state index contributed by atoms with van der Waals surface area (Å²) in [5.41, 5.74) is 0. The molecule has 0 aromatic carbocycles. The lowest BCUT2D eigenvalue weighted by Crippen LogP contribution is -2.45. The molecule has 1 aliphatic heterocycles. The zero-order chi connectivity index (χ0) is 14.0. The van der Waals surface area contributed by atoms with Gasteiger partial charge in [0, 0.05) is 25.7 Å². The quantitative estimate of drug-likeness (QED) is 0.787. The number of nitrogens with one attached hydrogen (secondary N) is 1. The zero-order valence-corrected chi connectivity index (χ0v) is 13.5. The van der Waals surface area contributed by atoms with Crippen molar-refractivity contribution in [2.24, 2.45) is 5.92 Å². The Bertz CT molecular complexity index is 175. The van der Waals surface area contributed by atoms with Crippen LogP contribution in [0.4, 0.5) is 0 Å². The molecule has 1 N–H and O–H groups in total. The fourth-order valence-corrected chi connectivity index (χ4v) is 2.58. The molecule has 0 unspecified atom stereocenters. The molecular weight excluding hydrogens is 222 g/mol. The highest BCUT2D eigenvalue weighted by atomic mass is 15.2. The van der Waals surface area contributed by atoms with Crippen molar-refractivity contribution in [3.63, 3.8) is 0 Å². The van der Waals surface area contributed by atoms with Gasteiger partial charge in [0.2, 0.25) is 0 Å². The van der Waals surface area contributed by atoms with E-state index in [-0.39, 0.29) is 0 Å². The van der Waals surface area contributed by atoms with Crippen molar-refractivity contribution < 1.29 is 0 Å². The SMILES string of the molecule is CC.CNCCN1CCC(N(C)CC(C)C)CC1. The van der Waals surface area contributed by atoms with Crippen molar-refractivity contribution in [2.75, 3.05) is 46.8 Å². The van der Waals surface area contributed by atoms with Crippen molar-refractivity contribution in [3.8, 4) is 0 Å². The number of rotatable bonds is 6. The van der Waals surface area contributed by atoms with Gasteiger partial charge < -0.3 is 15.1 Å². The molecule has 0 bridgehead atoms. The summed E-state index contributed by atoms with van der Waals surface area (Å²) in [4.78, 5) is 5.14. The van der Waals surface area contributed by atoms with Crippen molar-refractivity contribution in [1.29, 1.82) is 0 Å². The van der Waals surface area contributed by atoms with Crippen LogP contribution in [0.1, 0.15) is 40.5 Å². The van der Waals surface area contributed by atoms with E-state index < -0.39 is 0 Å². The molecule has 0 spiro atoms. The lowest BCUT2D eigenvalue weighted by Gasteiger charge is -2.37. The summed E-state index contributed by atoms with van der Waals surface area (Å²) in [6.07, 6.45) is 2.68. The molecule has 1 aliphatic rings. The third kappa shape index (κ3) is 7.34. The van der Waals surface area contributed by atoms with Gasteiger partial charge >= 0.3 is 0 Å². The maximum Gasteiger partial charge on any atom is 0.0117 e. The monoisotopic (exact) mass is 257 g/mol. The highest BCUT2D eigenvalue weighted by Crippen LogP contribution is 2.15. The van der Waals surface area contributed by atoms with Crippen LogP contribution in [-0.4, -0.2) is 62.7 Å². The van der Waals surface area contributed by atoms with Gasteiger partial charge in [-0.1, -0.05) is 27.7 Å². The van der Waals surface area contributed by atoms with Gasteiger partial charge in [0.25, 0.3) is 0 Å². The Morgan fingerprint density at radius 1 is 1.22 bits per heavy atom. The third-order valence-corrected chi connectivity index (χ3v) is 3.51. The Hall–Kier alpha value is -0.120. The Labute approximate surface area is 115 Å². The first-order valence-corrected chi connectivity index (χ1v) is 7.70. The van der Waals surface area contributed by atoms with Gasteiger partial charge in [0.1, 0.15) is 0 Å². The molecule has 0 atom stereocenters. The molecule has 0 radical (unpaired) electrons. The summed E-state index contributed by atoms with van der Waals surface area (Å²) in [6.45, 7) is 14.7. The second-order valence-corrected chi connectivity index (χ2v) is 5.51. The highest BCUT2D eigenvalue weighted by Gasteiger charge is 2.22. The first-order valence-electron chi connectivity index (χ1n) is 7.70. The van der Waals surface area contributed by atoms with Gasteiger partial charge in [-0.2, -0.15) is 0 Å². The maximum atomic E-state index is 3.22. The molecule has 0 aromatic heterocycles. The fourth-order valence-electron chi connectivity index (χ4n) is 2.58. The Balaban J connectivity index is 0.00000137. The number of likely N-dealkylation sites (N-methyl/N-ethyl adjacent to an activating group) is 1. The predicted molar refractivity (Wildman–Crippen MR) is 82.2 cm³/mol. The molecule has 3 nitrogen and oxygen atoms in total. The van der Waals surface area contributed by atoms with Crippen LogP contribution in [0, 0.1) is 5.92 Å². The van der Waals surface area contributed by atoms with E-state index >= 15 is 0 Å². The molecule has 1 rings (SSSR count). The molecular formula is C15H35N3. The molecule has 0 amide bonds. The Kier molecular flexibility index (Phi) is 10.7. The van der Waals surface area contributed by atoms with Crippen LogP contribution in [0.25, 0.3) is 0 Å². The van der Waals surface area contributed by atoms with E-state index in [4.69, 9.17) is 0 Å². The molecule has 0 saturated carbocycles. The van der Waals surface area contributed by atoms with Crippen molar-refractivity contribution >= 4 is 0 Å². The first kappa shape index (κ1) is 17.9. The molecule has 3 heteroatoms. The van der Waals surface area contributed by atoms with Gasteiger partial charge in [-0.05, 0) is 45.9 Å². The number of nitrogens with zero attached hydrogens (tertiary/aromatic N) is 2. The Morgan fingerprint density at radius 2 is 1.78 bits per heavy atom. The standard InChI is InChI=1S/C13H29N3.C2H6/c1-12(2)11-15(4)13-5-8-16(9-6-13)10-7-14-3;1-2/h12-14H,5-11H2,1-4H3;1-2H3. The van der Waals surface area contributed by atoms with Crippen molar-refractivity contribution in [3.05, 3.63) is 0 Å². The molecule has 110 valence electrons. The van der Waals surface area contributed by atoms with E-state index in [1.165, 1.54) is 39.0 Å². The van der Waals surface area contributed by atoms with Crippen LogP contribution in [-0.2, 0) is 0 Å². The molecule has 0 aromatic rings. The molecule has 0 aliphatic carbocycles. The lowest BCUT2D eigenvalue weighted by molar-refractivity contribution is 0.120. The van der Waals surface area contributed by atoms with Crippen molar-refractivity contribution in [2.45, 2.75) is 46.6 Å². The highest BCUT2D eigenvalue weighted by molar-refractivity contribution is 4.78. The van der Waals surface area contributed by atoms with E-state index in [1.807, 2.05) is 20.9 Å². The lowest BCUT2D eigenvalue weighted by atomic mass is 10.0. The second kappa shape index (κ2) is 10.8. The molecule has 1 heterocycles. The number of piperidine rings is 1. The average Bonchev–Trinajstić information content (AvgIpc) is 2.38. The van der Waals surface area contributed by atoms with Crippen LogP contribution in [0.5, 0.6) is 0 Å². The van der Waals surface area contributed by atoms with Crippen LogP contribution >= 0.6 is 0 Å². The molecule has 1 fully saturated rings. The largest absolute Gasteiger partial charge is 0.318 e. The summed E-state index contributed by atoms with van der Waals surface area (Å²) >= 11 is 0. The number of hydrogen-bond donors (Lipinski definition) is 1. The van der Waals surface area contributed by atoms with Gasteiger partial charge in [0.05, 0.1) is 0 Å². The van der Waals surface area contributed by atoms with E-state index in [9.17, 15) is 0 Å². The van der Waals surface area contributed by atoms with E-state index in [2.05, 4.69) is 36.0 Å². The molecule has 18 heavy (non-hydrogen) atoms. The Morgan fingerprint density at radius 3 is 2.22 bits per heavy atom. The van der Waals surface area contributed by atoms with Gasteiger partial charge in [-0.25, -0.2) is 0 Å². The minimum Gasteiger partial charge on any atom is -0.318 e. The van der Waals surface area contributed by atoms with Gasteiger partial charge in [-0.15, -0.1) is 0 Å². The summed E-state index contributed by atoms with van der Waals surface area (Å²) in [7, 11) is 4.32. The smallest absolute Gasteiger partial charge is 0.0117 e. The van der Waals surface area contributed by atoms with Gasteiger partial charge in [-0.3, -0.25) is 0 Å². The zero-order valence-electron chi connectivity index (χ0n) is 13.5. The summed E-state index contributed by atoms with van der Waals surface area (Å²) in [5.74, 6) is 0.785. The van der Waals surface area contributed by atoms with E-state index in [0.717, 1.165) is 18.5 Å². The third-order valence-electron chi connectivity index (χ3n) is 3.51. The topological polar surface area (TPSA) is 18.5 Å². The summed E-state index contributed by atoms with van der Waals surface area (Å²) < 4.78 is 0. The summed E-state index contributed by atoms with van der Waals surface area (Å²) in [5, 5.41) is 3.22. The molecule has 1 saturated heterocycles. The minimum absolute atomic E-state index is 0.785. The minimum atomic E-state index is 0.785. The average molecular weight is 257 g/mol.